The summed E-state index contributed by atoms with van der Waals surface area (Å²) in [6.07, 6.45) is 2.15. The van der Waals surface area contributed by atoms with Gasteiger partial charge in [0.2, 0.25) is 10.0 Å². The van der Waals surface area contributed by atoms with E-state index in [0.717, 1.165) is 29.4 Å². The molecule has 0 aliphatic heterocycles. The minimum atomic E-state index is -3.93. The lowest BCUT2D eigenvalue weighted by Gasteiger charge is -2.22. The van der Waals surface area contributed by atoms with Crippen molar-refractivity contribution in [3.8, 4) is 5.75 Å². The second-order valence-corrected chi connectivity index (χ2v) is 9.93. The maximum absolute atomic E-state index is 13.0. The molecule has 0 spiro atoms. The van der Waals surface area contributed by atoms with E-state index in [1.165, 1.54) is 24.3 Å². The van der Waals surface area contributed by atoms with Gasteiger partial charge in [-0.15, -0.1) is 0 Å². The fraction of sp³-hybridized carbons (Fsp3) is 0.360. The number of hydrogen-bond acceptors (Lipinski definition) is 6. The van der Waals surface area contributed by atoms with E-state index < -0.39 is 27.7 Å². The molecule has 1 aromatic heterocycles. The van der Waals surface area contributed by atoms with E-state index in [-0.39, 0.29) is 16.6 Å². The molecule has 7 nitrogen and oxygen atoms in total. The standard InChI is InChI=1S/C25H29NO6S/c1-5-7-18-14-23(27)32-22-15-19(10-13-21(18)22)31-25(28)24(17(4)6-2)26-33(29,30)20-11-8-16(3)9-12-20/h8-15,17,24,26H,5-7H2,1-4H3/t17-,24-/m1/s1. The molecule has 0 unspecified atom stereocenters. The fourth-order valence-corrected chi connectivity index (χ4v) is 4.81. The third-order valence-electron chi connectivity index (χ3n) is 5.62. The van der Waals surface area contributed by atoms with Crippen molar-refractivity contribution in [1.82, 2.24) is 4.72 Å². The Kier molecular flexibility index (Phi) is 7.71. The van der Waals surface area contributed by atoms with Crippen LogP contribution in [-0.4, -0.2) is 20.4 Å². The Bertz CT molecular complexity index is 1290. The number of carbonyl (C=O) groups is 1. The van der Waals surface area contributed by atoms with E-state index >= 15 is 0 Å². The third-order valence-corrected chi connectivity index (χ3v) is 7.08. The minimum absolute atomic E-state index is 0.0742. The molecule has 0 aliphatic rings. The van der Waals surface area contributed by atoms with Crippen molar-refractivity contribution < 1.29 is 22.4 Å². The lowest BCUT2D eigenvalue weighted by molar-refractivity contribution is -0.137. The third kappa shape index (κ3) is 5.89. The van der Waals surface area contributed by atoms with E-state index in [9.17, 15) is 18.0 Å². The number of carbonyl (C=O) groups excluding carboxylic acids is 1. The molecular weight excluding hydrogens is 442 g/mol. The van der Waals surface area contributed by atoms with Crippen molar-refractivity contribution in [3.63, 3.8) is 0 Å². The van der Waals surface area contributed by atoms with E-state index in [1.54, 1.807) is 31.2 Å². The van der Waals surface area contributed by atoms with Crippen LogP contribution >= 0.6 is 0 Å². The monoisotopic (exact) mass is 471 g/mol. The van der Waals surface area contributed by atoms with Gasteiger partial charge in [-0.3, -0.25) is 0 Å². The van der Waals surface area contributed by atoms with Crippen molar-refractivity contribution >= 4 is 27.0 Å². The van der Waals surface area contributed by atoms with Crippen molar-refractivity contribution in [2.45, 2.75) is 57.9 Å². The summed E-state index contributed by atoms with van der Waals surface area (Å²) in [5.74, 6) is -0.870. The first-order chi connectivity index (χ1) is 15.6. The molecule has 1 heterocycles. The lowest BCUT2D eigenvalue weighted by Crippen LogP contribution is -2.46. The Morgan fingerprint density at radius 1 is 1.09 bits per heavy atom. The molecule has 0 fully saturated rings. The number of fused-ring (bicyclic) bond motifs is 1. The highest BCUT2D eigenvalue weighted by Crippen LogP contribution is 2.25. The van der Waals surface area contributed by atoms with Gasteiger partial charge in [-0.1, -0.05) is 51.3 Å². The zero-order valence-corrected chi connectivity index (χ0v) is 20.1. The molecule has 0 saturated heterocycles. The summed E-state index contributed by atoms with van der Waals surface area (Å²) in [5, 5.41) is 0.773. The minimum Gasteiger partial charge on any atom is -0.425 e. The van der Waals surface area contributed by atoms with Gasteiger partial charge in [-0.25, -0.2) is 18.0 Å². The second-order valence-electron chi connectivity index (χ2n) is 8.22. The van der Waals surface area contributed by atoms with Crippen molar-refractivity contribution in [2.75, 3.05) is 0 Å². The number of benzene rings is 2. The lowest BCUT2D eigenvalue weighted by atomic mass is 10.0. The van der Waals surface area contributed by atoms with Crippen LogP contribution in [0.15, 0.2) is 62.6 Å². The summed E-state index contributed by atoms with van der Waals surface area (Å²) in [7, 11) is -3.93. The number of ether oxygens (including phenoxy) is 1. The van der Waals surface area contributed by atoms with Crippen LogP contribution in [0.5, 0.6) is 5.75 Å². The number of hydrogen-bond donors (Lipinski definition) is 1. The van der Waals surface area contributed by atoms with Gasteiger partial charge in [-0.05, 0) is 49.1 Å². The Labute approximate surface area is 193 Å². The van der Waals surface area contributed by atoms with E-state index in [2.05, 4.69) is 4.72 Å². The van der Waals surface area contributed by atoms with Gasteiger partial charge >= 0.3 is 11.6 Å². The Morgan fingerprint density at radius 2 is 1.79 bits per heavy atom. The van der Waals surface area contributed by atoms with Gasteiger partial charge in [0.1, 0.15) is 17.4 Å². The van der Waals surface area contributed by atoms with E-state index in [4.69, 9.17) is 9.15 Å². The first-order valence-electron chi connectivity index (χ1n) is 11.0. The predicted molar refractivity (Wildman–Crippen MR) is 127 cm³/mol. The molecule has 33 heavy (non-hydrogen) atoms. The van der Waals surface area contributed by atoms with Gasteiger partial charge in [0, 0.05) is 17.5 Å². The molecule has 2 atom stereocenters. The van der Waals surface area contributed by atoms with Gasteiger partial charge in [0.25, 0.3) is 0 Å². The Morgan fingerprint density at radius 3 is 2.42 bits per heavy atom. The van der Waals surface area contributed by atoms with Crippen LogP contribution in [0, 0.1) is 12.8 Å². The molecule has 0 radical (unpaired) electrons. The molecule has 0 bridgehead atoms. The highest BCUT2D eigenvalue weighted by molar-refractivity contribution is 7.89. The topological polar surface area (TPSA) is 103 Å². The fourth-order valence-electron chi connectivity index (χ4n) is 3.51. The summed E-state index contributed by atoms with van der Waals surface area (Å²) in [4.78, 5) is 25.0. The Hall–Kier alpha value is -2.97. The summed E-state index contributed by atoms with van der Waals surface area (Å²) in [6, 6.07) is 11.6. The zero-order valence-electron chi connectivity index (χ0n) is 19.3. The SMILES string of the molecule is CCCc1cc(=O)oc2cc(OC(=O)[C@H](NS(=O)(=O)c3ccc(C)cc3)[C@H](C)CC)ccc12. The van der Waals surface area contributed by atoms with Crippen LogP contribution < -0.4 is 15.1 Å². The van der Waals surface area contributed by atoms with Crippen LogP contribution in [0.25, 0.3) is 11.0 Å². The van der Waals surface area contributed by atoms with Gasteiger partial charge in [0.15, 0.2) is 0 Å². The normalized spacial score (nSPS) is 13.6. The highest BCUT2D eigenvalue weighted by Gasteiger charge is 2.31. The molecule has 0 aliphatic carbocycles. The van der Waals surface area contributed by atoms with Crippen molar-refractivity contribution in [2.24, 2.45) is 5.92 Å². The van der Waals surface area contributed by atoms with Crippen LogP contribution in [0.4, 0.5) is 0 Å². The number of nitrogens with one attached hydrogen (secondary N) is 1. The quantitative estimate of drug-likeness (QED) is 0.283. The van der Waals surface area contributed by atoms with Gasteiger partial charge in [-0.2, -0.15) is 4.72 Å². The van der Waals surface area contributed by atoms with E-state index in [0.29, 0.717) is 12.0 Å². The first kappa shape index (κ1) is 24.7. The maximum Gasteiger partial charge on any atom is 0.336 e. The second kappa shape index (κ2) is 10.3. The smallest absolute Gasteiger partial charge is 0.336 e. The van der Waals surface area contributed by atoms with Gasteiger partial charge < -0.3 is 9.15 Å². The molecular formula is C25H29NO6S. The number of rotatable bonds is 9. The molecule has 2 aromatic carbocycles. The summed E-state index contributed by atoms with van der Waals surface area (Å²) < 4.78 is 39.1. The zero-order chi connectivity index (χ0) is 24.2. The van der Waals surface area contributed by atoms with Crippen LogP contribution in [-0.2, 0) is 21.2 Å². The van der Waals surface area contributed by atoms with Crippen molar-refractivity contribution in [1.29, 1.82) is 0 Å². The van der Waals surface area contributed by atoms with Gasteiger partial charge in [0.05, 0.1) is 4.90 Å². The average Bonchev–Trinajstić information content (AvgIpc) is 2.77. The predicted octanol–water partition coefficient (Wildman–Crippen LogP) is 4.35. The molecule has 176 valence electrons. The number of esters is 1. The molecule has 3 aromatic rings. The average molecular weight is 472 g/mol. The molecule has 1 N–H and O–H groups in total. The largest absolute Gasteiger partial charge is 0.425 e. The molecule has 0 amide bonds. The molecule has 8 heteroatoms. The number of aryl methyl sites for hydroxylation is 2. The Balaban J connectivity index is 1.88. The van der Waals surface area contributed by atoms with Crippen molar-refractivity contribution in [3.05, 3.63) is 70.1 Å². The van der Waals surface area contributed by atoms with Crippen LogP contribution in [0.2, 0.25) is 0 Å². The maximum atomic E-state index is 13.0. The summed E-state index contributed by atoms with van der Waals surface area (Å²) >= 11 is 0. The highest BCUT2D eigenvalue weighted by atomic mass is 32.2. The number of sulfonamides is 1. The van der Waals surface area contributed by atoms with Crippen LogP contribution in [0.3, 0.4) is 0 Å². The van der Waals surface area contributed by atoms with Crippen LogP contribution in [0.1, 0.15) is 44.7 Å². The summed E-state index contributed by atoms with van der Waals surface area (Å²) in [6.45, 7) is 7.52. The van der Waals surface area contributed by atoms with E-state index in [1.807, 2.05) is 20.8 Å². The molecule has 3 rings (SSSR count). The first-order valence-corrected chi connectivity index (χ1v) is 12.5. The summed E-state index contributed by atoms with van der Waals surface area (Å²) in [5.41, 5.74) is 1.64. The molecule has 0 saturated carbocycles.